The van der Waals surface area contributed by atoms with Crippen molar-refractivity contribution in [2.24, 2.45) is 0 Å². The van der Waals surface area contributed by atoms with Gasteiger partial charge in [-0.15, -0.1) is 11.8 Å². The van der Waals surface area contributed by atoms with E-state index < -0.39 is 0 Å². The fourth-order valence-electron chi connectivity index (χ4n) is 1.68. The van der Waals surface area contributed by atoms with Gasteiger partial charge in [-0.2, -0.15) is 0 Å². The number of nitro benzene ring substituents is 1. The van der Waals surface area contributed by atoms with Crippen LogP contribution >= 0.6 is 23.4 Å². The Balaban J connectivity index is 2.23. The van der Waals surface area contributed by atoms with Gasteiger partial charge in [0.2, 0.25) is 0 Å². The molecule has 0 bridgehead atoms. The molecule has 0 radical (unpaired) electrons. The molecule has 0 aliphatic heterocycles. The number of hydrogen-bond acceptors (Lipinski definition) is 4. The Kier molecular flexibility index (Phi) is 5.47. The smallest absolute Gasteiger partial charge is 0.283 e. The average Bonchev–Trinajstić information content (AvgIpc) is 2.47. The largest absolute Gasteiger partial charge is 0.457 e. The highest BCUT2D eigenvalue weighted by atomic mass is 35.5. The van der Waals surface area contributed by atoms with Gasteiger partial charge >= 0.3 is 0 Å². The van der Waals surface area contributed by atoms with Crippen LogP contribution in [-0.4, -0.2) is 10.7 Å². The average molecular weight is 324 g/mol. The second-order valence-electron chi connectivity index (χ2n) is 4.29. The van der Waals surface area contributed by atoms with E-state index >= 15 is 0 Å². The molecule has 2 aromatic carbocycles. The van der Waals surface area contributed by atoms with E-state index in [0.717, 1.165) is 12.2 Å². The molecule has 0 aromatic heterocycles. The van der Waals surface area contributed by atoms with Gasteiger partial charge in [-0.05, 0) is 42.5 Å². The Morgan fingerprint density at radius 1 is 1.19 bits per heavy atom. The first-order valence-electron chi connectivity index (χ1n) is 6.45. The molecule has 0 amide bonds. The quantitative estimate of drug-likeness (QED) is 0.397. The lowest BCUT2D eigenvalue weighted by Gasteiger charge is -2.08. The van der Waals surface area contributed by atoms with Gasteiger partial charge in [0.1, 0.15) is 11.5 Å². The molecule has 0 fully saturated rings. The molecule has 4 nitrogen and oxygen atoms in total. The van der Waals surface area contributed by atoms with Crippen molar-refractivity contribution in [2.45, 2.75) is 18.2 Å². The molecule has 2 rings (SSSR count). The zero-order chi connectivity index (χ0) is 15.2. The number of thioether (sulfide) groups is 1. The van der Waals surface area contributed by atoms with Crippen molar-refractivity contribution in [3.8, 4) is 11.5 Å². The Bertz CT molecular complexity index is 631. The monoisotopic (exact) mass is 323 g/mol. The molecule has 21 heavy (non-hydrogen) atoms. The summed E-state index contributed by atoms with van der Waals surface area (Å²) in [5.74, 6) is 2.03. The zero-order valence-corrected chi connectivity index (χ0v) is 13.0. The summed E-state index contributed by atoms with van der Waals surface area (Å²) in [5, 5.41) is 11.7. The van der Waals surface area contributed by atoms with Crippen LogP contribution in [-0.2, 0) is 0 Å². The van der Waals surface area contributed by atoms with Crippen molar-refractivity contribution in [2.75, 3.05) is 5.75 Å². The maximum absolute atomic E-state index is 11.0. The maximum Gasteiger partial charge on any atom is 0.283 e. The van der Waals surface area contributed by atoms with Gasteiger partial charge in [0.15, 0.2) is 0 Å². The fraction of sp³-hybridized carbons (Fsp3) is 0.200. The summed E-state index contributed by atoms with van der Waals surface area (Å²) in [4.78, 5) is 11.3. The first-order valence-corrected chi connectivity index (χ1v) is 7.81. The van der Waals surface area contributed by atoms with Crippen LogP contribution in [0.25, 0.3) is 0 Å². The summed E-state index contributed by atoms with van der Waals surface area (Å²) >= 11 is 7.28. The summed E-state index contributed by atoms with van der Waals surface area (Å²) in [5.41, 5.74) is 0.108. The first kappa shape index (κ1) is 15.7. The highest BCUT2D eigenvalue weighted by molar-refractivity contribution is 7.99. The van der Waals surface area contributed by atoms with Gasteiger partial charge in [0.05, 0.1) is 9.82 Å². The number of hydrogen-bond donors (Lipinski definition) is 0. The highest BCUT2D eigenvalue weighted by Crippen LogP contribution is 2.34. The molecule has 0 saturated heterocycles. The predicted octanol–water partition coefficient (Wildman–Crippen LogP) is 5.54. The molecule has 0 spiro atoms. The third-order valence-corrected chi connectivity index (χ3v) is 4.14. The number of benzene rings is 2. The molecule has 6 heteroatoms. The molecule has 0 atom stereocenters. The zero-order valence-electron chi connectivity index (χ0n) is 11.4. The third kappa shape index (κ3) is 4.37. The second-order valence-corrected chi connectivity index (χ2v) is 5.86. The molecule has 0 saturated carbocycles. The maximum atomic E-state index is 11.0. The van der Waals surface area contributed by atoms with E-state index in [-0.39, 0.29) is 10.6 Å². The summed E-state index contributed by atoms with van der Waals surface area (Å²) < 4.78 is 5.69. The number of nitrogens with zero attached hydrogens (tertiary/aromatic N) is 1. The molecule has 0 heterocycles. The Hall–Kier alpha value is -1.72. The van der Waals surface area contributed by atoms with Crippen LogP contribution in [0.3, 0.4) is 0 Å². The van der Waals surface area contributed by atoms with Crippen molar-refractivity contribution in [1.82, 2.24) is 0 Å². The van der Waals surface area contributed by atoms with E-state index in [9.17, 15) is 10.1 Å². The van der Waals surface area contributed by atoms with Crippen LogP contribution in [0.4, 0.5) is 5.69 Å². The van der Waals surface area contributed by atoms with Crippen LogP contribution in [0.15, 0.2) is 47.4 Å². The van der Waals surface area contributed by atoms with E-state index in [2.05, 4.69) is 0 Å². The number of rotatable bonds is 6. The second kappa shape index (κ2) is 7.33. The van der Waals surface area contributed by atoms with Crippen molar-refractivity contribution in [3.63, 3.8) is 0 Å². The normalized spacial score (nSPS) is 10.4. The molecular weight excluding hydrogens is 310 g/mol. The van der Waals surface area contributed by atoms with Gasteiger partial charge in [0.25, 0.3) is 5.69 Å². The van der Waals surface area contributed by atoms with Crippen LogP contribution < -0.4 is 4.74 Å². The highest BCUT2D eigenvalue weighted by Gasteiger charge is 2.15. The molecule has 2 aromatic rings. The van der Waals surface area contributed by atoms with E-state index in [0.29, 0.717) is 21.4 Å². The Morgan fingerprint density at radius 3 is 2.48 bits per heavy atom. The predicted molar refractivity (Wildman–Crippen MR) is 85.6 cm³/mol. The van der Waals surface area contributed by atoms with Gasteiger partial charge < -0.3 is 4.74 Å². The number of halogens is 1. The van der Waals surface area contributed by atoms with Gasteiger partial charge in [-0.3, -0.25) is 10.1 Å². The molecule has 0 aliphatic carbocycles. The minimum absolute atomic E-state index is 0.108. The topological polar surface area (TPSA) is 52.4 Å². The lowest BCUT2D eigenvalue weighted by molar-refractivity contribution is -0.387. The summed E-state index contributed by atoms with van der Waals surface area (Å²) in [7, 11) is 0. The summed E-state index contributed by atoms with van der Waals surface area (Å²) in [6.45, 7) is 2.03. The summed E-state index contributed by atoms with van der Waals surface area (Å²) in [6.07, 6.45) is 0.949. The SMILES string of the molecule is CCCSc1cc(Oc2ccc(Cl)cc2)ccc1[N+](=O)[O-]. The van der Waals surface area contributed by atoms with Crippen molar-refractivity contribution in [3.05, 3.63) is 57.6 Å². The van der Waals surface area contributed by atoms with Crippen molar-refractivity contribution < 1.29 is 9.66 Å². The summed E-state index contributed by atoms with van der Waals surface area (Å²) in [6, 6.07) is 11.7. The van der Waals surface area contributed by atoms with E-state index in [4.69, 9.17) is 16.3 Å². The van der Waals surface area contributed by atoms with Gasteiger partial charge in [-0.25, -0.2) is 0 Å². The molecule has 110 valence electrons. The minimum Gasteiger partial charge on any atom is -0.457 e. The Labute approximate surface area is 132 Å². The molecular formula is C15H14ClNO3S. The standard InChI is InChI=1S/C15H14ClNO3S/c1-2-9-21-15-10-13(7-8-14(15)17(18)19)20-12-5-3-11(16)4-6-12/h3-8,10H,2,9H2,1H3. The van der Waals surface area contributed by atoms with Gasteiger partial charge in [0, 0.05) is 17.2 Å². The third-order valence-electron chi connectivity index (χ3n) is 2.64. The fourth-order valence-corrected chi connectivity index (χ4v) is 2.72. The van der Waals surface area contributed by atoms with Crippen LogP contribution in [0.5, 0.6) is 11.5 Å². The molecule has 0 aliphatic rings. The number of nitro groups is 1. The minimum atomic E-state index is -0.371. The van der Waals surface area contributed by atoms with Crippen molar-refractivity contribution in [1.29, 1.82) is 0 Å². The Morgan fingerprint density at radius 2 is 1.86 bits per heavy atom. The van der Waals surface area contributed by atoms with E-state index in [1.807, 2.05) is 6.92 Å². The van der Waals surface area contributed by atoms with Crippen LogP contribution in [0.2, 0.25) is 5.02 Å². The first-order chi connectivity index (χ1) is 10.1. The molecule has 0 N–H and O–H groups in total. The number of ether oxygens (including phenoxy) is 1. The lowest BCUT2D eigenvalue weighted by atomic mass is 10.3. The lowest BCUT2D eigenvalue weighted by Crippen LogP contribution is -1.93. The van der Waals surface area contributed by atoms with E-state index in [1.54, 1.807) is 36.4 Å². The molecule has 0 unspecified atom stereocenters. The van der Waals surface area contributed by atoms with Gasteiger partial charge in [-0.1, -0.05) is 18.5 Å². The van der Waals surface area contributed by atoms with E-state index in [1.165, 1.54) is 17.8 Å². The van der Waals surface area contributed by atoms with Crippen LogP contribution in [0.1, 0.15) is 13.3 Å². The van der Waals surface area contributed by atoms with Crippen molar-refractivity contribution >= 4 is 29.1 Å². The van der Waals surface area contributed by atoms with Crippen LogP contribution in [0, 0.1) is 10.1 Å².